The van der Waals surface area contributed by atoms with Crippen molar-refractivity contribution in [3.05, 3.63) is 95.4 Å². The van der Waals surface area contributed by atoms with Gasteiger partial charge in [0.25, 0.3) is 0 Å². The molecule has 0 fully saturated rings. The normalized spacial score (nSPS) is 10.8. The summed E-state index contributed by atoms with van der Waals surface area (Å²) in [6.07, 6.45) is 3.46. The molecule has 0 saturated carbocycles. The summed E-state index contributed by atoms with van der Waals surface area (Å²) in [5, 5.41) is 0. The van der Waals surface area contributed by atoms with E-state index in [0.717, 1.165) is 22.3 Å². The Hall–Kier alpha value is -2.36. The Morgan fingerprint density at radius 1 is 0.565 bits per heavy atom. The zero-order valence-corrected chi connectivity index (χ0v) is 13.0. The van der Waals surface area contributed by atoms with Crippen LogP contribution in [0.15, 0.2) is 77.6 Å². The van der Waals surface area contributed by atoms with Gasteiger partial charge in [0.2, 0.25) is 0 Å². The Morgan fingerprint density at radius 2 is 1.00 bits per heavy atom. The first-order valence-corrected chi connectivity index (χ1v) is 7.69. The highest BCUT2D eigenvalue weighted by atomic mass is 16.5. The first kappa shape index (κ1) is 15.5. The molecule has 118 valence electrons. The lowest BCUT2D eigenvalue weighted by molar-refractivity contribution is 0.0939. The van der Waals surface area contributed by atoms with Crippen LogP contribution in [0, 0.1) is 0 Å². The van der Waals surface area contributed by atoms with Crippen LogP contribution < -0.4 is 0 Å². The van der Waals surface area contributed by atoms with Crippen molar-refractivity contribution in [1.82, 2.24) is 0 Å². The van der Waals surface area contributed by atoms with Crippen LogP contribution in [-0.2, 0) is 35.9 Å². The molecule has 0 aliphatic carbocycles. The van der Waals surface area contributed by atoms with Crippen molar-refractivity contribution < 1.29 is 13.9 Å². The lowest BCUT2D eigenvalue weighted by Crippen LogP contribution is -1.98. The zero-order valence-electron chi connectivity index (χ0n) is 13.0. The lowest BCUT2D eigenvalue weighted by Gasteiger charge is -2.06. The average molecular weight is 308 g/mol. The maximum atomic E-state index is 5.75. The molecular formula is C20H20O3. The summed E-state index contributed by atoms with van der Waals surface area (Å²) in [6, 6.07) is 20.3. The number of hydrogen-bond donors (Lipinski definition) is 0. The molecule has 0 aliphatic heterocycles. The van der Waals surface area contributed by atoms with E-state index in [0.29, 0.717) is 26.4 Å². The van der Waals surface area contributed by atoms with Crippen LogP contribution in [0.3, 0.4) is 0 Å². The molecule has 0 radical (unpaired) electrons. The second kappa shape index (κ2) is 8.32. The molecule has 2 aromatic carbocycles. The molecule has 0 saturated heterocycles. The van der Waals surface area contributed by atoms with E-state index in [9.17, 15) is 0 Å². The summed E-state index contributed by atoms with van der Waals surface area (Å²) in [5.41, 5.74) is 4.40. The van der Waals surface area contributed by atoms with Gasteiger partial charge in [-0.15, -0.1) is 0 Å². The highest BCUT2D eigenvalue weighted by molar-refractivity contribution is 5.20. The fourth-order valence-corrected chi connectivity index (χ4v) is 2.31. The maximum absolute atomic E-state index is 5.75. The second-order valence-electron chi connectivity index (χ2n) is 5.38. The van der Waals surface area contributed by atoms with Crippen LogP contribution >= 0.6 is 0 Å². The fraction of sp³-hybridized carbons (Fsp3) is 0.200. The first-order chi connectivity index (χ1) is 11.4. The highest BCUT2D eigenvalue weighted by Gasteiger charge is 2.06. The summed E-state index contributed by atoms with van der Waals surface area (Å²) in [6.45, 7) is 2.23. The van der Waals surface area contributed by atoms with Crippen molar-refractivity contribution in [3.63, 3.8) is 0 Å². The topological polar surface area (TPSA) is 31.6 Å². The summed E-state index contributed by atoms with van der Waals surface area (Å²) >= 11 is 0. The van der Waals surface area contributed by atoms with Gasteiger partial charge in [-0.3, -0.25) is 0 Å². The van der Waals surface area contributed by atoms with Gasteiger partial charge in [-0.2, -0.15) is 0 Å². The molecule has 1 heterocycles. The van der Waals surface area contributed by atoms with Gasteiger partial charge in [-0.1, -0.05) is 60.7 Å². The number of rotatable bonds is 8. The minimum Gasteiger partial charge on any atom is -0.472 e. The number of benzene rings is 2. The zero-order chi connectivity index (χ0) is 15.7. The molecule has 3 heteroatoms. The Labute approximate surface area is 136 Å². The quantitative estimate of drug-likeness (QED) is 0.604. The van der Waals surface area contributed by atoms with Gasteiger partial charge in [-0.25, -0.2) is 0 Å². The molecule has 0 N–H and O–H groups in total. The lowest BCUT2D eigenvalue weighted by atomic mass is 10.2. The van der Waals surface area contributed by atoms with Crippen molar-refractivity contribution >= 4 is 0 Å². The maximum Gasteiger partial charge on any atom is 0.0961 e. The number of ether oxygens (including phenoxy) is 2. The number of furan rings is 1. The summed E-state index contributed by atoms with van der Waals surface area (Å²) in [4.78, 5) is 0. The molecule has 0 unspecified atom stereocenters. The van der Waals surface area contributed by atoms with E-state index < -0.39 is 0 Å². The minimum atomic E-state index is 0.523. The Bertz CT molecular complexity index is 629. The third kappa shape index (κ3) is 4.81. The summed E-state index contributed by atoms with van der Waals surface area (Å²) in [7, 11) is 0. The SMILES string of the molecule is c1ccc(COCc2cocc2COCc2ccccc2)cc1. The van der Waals surface area contributed by atoms with Gasteiger partial charge in [-0.05, 0) is 11.1 Å². The molecule has 0 spiro atoms. The molecule has 3 rings (SSSR count). The van der Waals surface area contributed by atoms with Crippen LogP contribution in [0.5, 0.6) is 0 Å². The van der Waals surface area contributed by atoms with E-state index in [1.807, 2.05) is 36.4 Å². The minimum absolute atomic E-state index is 0.523. The van der Waals surface area contributed by atoms with Gasteiger partial charge in [0.1, 0.15) is 0 Å². The monoisotopic (exact) mass is 308 g/mol. The van der Waals surface area contributed by atoms with E-state index in [4.69, 9.17) is 13.9 Å². The Morgan fingerprint density at radius 3 is 1.43 bits per heavy atom. The van der Waals surface area contributed by atoms with Crippen LogP contribution in [0.1, 0.15) is 22.3 Å². The average Bonchev–Trinajstić information content (AvgIpc) is 3.04. The number of hydrogen-bond acceptors (Lipinski definition) is 3. The molecule has 0 bridgehead atoms. The smallest absolute Gasteiger partial charge is 0.0961 e. The van der Waals surface area contributed by atoms with E-state index >= 15 is 0 Å². The largest absolute Gasteiger partial charge is 0.472 e. The van der Waals surface area contributed by atoms with Crippen LogP contribution in [0.4, 0.5) is 0 Å². The first-order valence-electron chi connectivity index (χ1n) is 7.69. The van der Waals surface area contributed by atoms with Gasteiger partial charge in [0, 0.05) is 11.1 Å². The predicted octanol–water partition coefficient (Wildman–Crippen LogP) is 4.71. The van der Waals surface area contributed by atoms with Gasteiger partial charge in [0.05, 0.1) is 39.0 Å². The molecular weight excluding hydrogens is 288 g/mol. The fourth-order valence-electron chi connectivity index (χ4n) is 2.31. The van der Waals surface area contributed by atoms with Crippen LogP contribution in [0.25, 0.3) is 0 Å². The molecule has 3 aromatic rings. The van der Waals surface area contributed by atoms with Crippen LogP contribution in [-0.4, -0.2) is 0 Å². The Kier molecular flexibility index (Phi) is 5.62. The predicted molar refractivity (Wildman–Crippen MR) is 88.6 cm³/mol. The summed E-state index contributed by atoms with van der Waals surface area (Å²) in [5.74, 6) is 0. The molecule has 0 atom stereocenters. The highest BCUT2D eigenvalue weighted by Crippen LogP contribution is 2.15. The van der Waals surface area contributed by atoms with Crippen LogP contribution in [0.2, 0.25) is 0 Å². The van der Waals surface area contributed by atoms with Crippen molar-refractivity contribution in [2.24, 2.45) is 0 Å². The van der Waals surface area contributed by atoms with E-state index in [2.05, 4.69) is 24.3 Å². The van der Waals surface area contributed by atoms with Crippen molar-refractivity contribution in [2.75, 3.05) is 0 Å². The van der Waals surface area contributed by atoms with E-state index in [-0.39, 0.29) is 0 Å². The second-order valence-corrected chi connectivity index (χ2v) is 5.38. The van der Waals surface area contributed by atoms with Crippen molar-refractivity contribution in [3.8, 4) is 0 Å². The molecule has 0 amide bonds. The van der Waals surface area contributed by atoms with Crippen molar-refractivity contribution in [1.29, 1.82) is 0 Å². The van der Waals surface area contributed by atoms with Gasteiger partial charge in [0.15, 0.2) is 0 Å². The van der Waals surface area contributed by atoms with E-state index in [1.165, 1.54) is 0 Å². The van der Waals surface area contributed by atoms with E-state index in [1.54, 1.807) is 12.5 Å². The third-order valence-corrected chi connectivity index (χ3v) is 3.57. The molecule has 3 nitrogen and oxygen atoms in total. The van der Waals surface area contributed by atoms with Crippen molar-refractivity contribution in [2.45, 2.75) is 26.4 Å². The third-order valence-electron chi connectivity index (χ3n) is 3.57. The van der Waals surface area contributed by atoms with Gasteiger partial charge < -0.3 is 13.9 Å². The molecule has 1 aromatic heterocycles. The molecule has 0 aliphatic rings. The standard InChI is InChI=1S/C20H20O3/c1-3-7-17(8-4-1)11-21-13-19-15-23-16-20(19)14-22-12-18-9-5-2-6-10-18/h1-10,15-16H,11-14H2. The molecule has 23 heavy (non-hydrogen) atoms. The summed E-state index contributed by atoms with van der Waals surface area (Å²) < 4.78 is 16.8. The van der Waals surface area contributed by atoms with Gasteiger partial charge >= 0.3 is 0 Å². The Balaban J connectivity index is 1.45.